The highest BCUT2D eigenvalue weighted by Gasteiger charge is 2.10. The van der Waals surface area contributed by atoms with E-state index in [-0.39, 0.29) is 6.10 Å². The summed E-state index contributed by atoms with van der Waals surface area (Å²) in [4.78, 5) is 2.33. The van der Waals surface area contributed by atoms with Crippen LogP contribution in [0.1, 0.15) is 25.0 Å². The first kappa shape index (κ1) is 11.4. The SMILES string of the molecule is C[C@H](O)c1ccc(N2CCCOCC2)cc1. The van der Waals surface area contributed by atoms with Gasteiger partial charge in [0.1, 0.15) is 0 Å². The first-order valence-electron chi connectivity index (χ1n) is 5.88. The monoisotopic (exact) mass is 221 g/mol. The van der Waals surface area contributed by atoms with Gasteiger partial charge in [0.2, 0.25) is 0 Å². The van der Waals surface area contributed by atoms with Crippen molar-refractivity contribution in [2.75, 3.05) is 31.2 Å². The zero-order valence-corrected chi connectivity index (χ0v) is 9.72. The van der Waals surface area contributed by atoms with E-state index in [4.69, 9.17) is 4.74 Å². The van der Waals surface area contributed by atoms with Gasteiger partial charge in [0.15, 0.2) is 0 Å². The molecule has 3 heteroatoms. The van der Waals surface area contributed by atoms with Gasteiger partial charge in [-0.15, -0.1) is 0 Å². The van der Waals surface area contributed by atoms with Crippen molar-refractivity contribution in [3.8, 4) is 0 Å². The molecule has 1 aromatic carbocycles. The summed E-state index contributed by atoms with van der Waals surface area (Å²) in [5.41, 5.74) is 2.18. The molecule has 1 aromatic rings. The second kappa shape index (κ2) is 5.32. The summed E-state index contributed by atoms with van der Waals surface area (Å²) in [6.07, 6.45) is 0.694. The number of hydrogen-bond donors (Lipinski definition) is 1. The van der Waals surface area contributed by atoms with Gasteiger partial charge < -0.3 is 14.7 Å². The molecule has 0 aliphatic carbocycles. The Labute approximate surface area is 96.6 Å². The summed E-state index contributed by atoms with van der Waals surface area (Å²) >= 11 is 0. The number of aliphatic hydroxyl groups excluding tert-OH is 1. The van der Waals surface area contributed by atoms with Crippen molar-refractivity contribution < 1.29 is 9.84 Å². The highest BCUT2D eigenvalue weighted by Crippen LogP contribution is 2.19. The van der Waals surface area contributed by atoms with Gasteiger partial charge in [0.05, 0.1) is 12.7 Å². The van der Waals surface area contributed by atoms with Crippen LogP contribution in [0.15, 0.2) is 24.3 Å². The maximum absolute atomic E-state index is 9.44. The van der Waals surface area contributed by atoms with Crippen molar-refractivity contribution in [3.63, 3.8) is 0 Å². The van der Waals surface area contributed by atoms with E-state index in [0.29, 0.717) is 0 Å². The van der Waals surface area contributed by atoms with Crippen molar-refractivity contribution >= 4 is 5.69 Å². The predicted molar refractivity (Wildman–Crippen MR) is 64.7 cm³/mol. The lowest BCUT2D eigenvalue weighted by Gasteiger charge is -2.22. The van der Waals surface area contributed by atoms with Crippen molar-refractivity contribution in [3.05, 3.63) is 29.8 Å². The van der Waals surface area contributed by atoms with E-state index in [1.165, 1.54) is 5.69 Å². The van der Waals surface area contributed by atoms with Crippen LogP contribution < -0.4 is 4.90 Å². The summed E-state index contributed by atoms with van der Waals surface area (Å²) in [5.74, 6) is 0. The van der Waals surface area contributed by atoms with Crippen LogP contribution in [0.4, 0.5) is 5.69 Å². The fourth-order valence-electron chi connectivity index (χ4n) is 1.97. The van der Waals surface area contributed by atoms with Crippen LogP contribution in [-0.2, 0) is 4.74 Å². The summed E-state index contributed by atoms with van der Waals surface area (Å²) in [7, 11) is 0. The van der Waals surface area contributed by atoms with Gasteiger partial charge in [-0.2, -0.15) is 0 Å². The standard InChI is InChI=1S/C13H19NO2/c1-11(15)12-3-5-13(6-4-12)14-7-2-9-16-10-8-14/h3-6,11,15H,2,7-10H2,1H3/t11-/m0/s1. The van der Waals surface area contributed by atoms with Crippen LogP contribution in [0.3, 0.4) is 0 Å². The molecule has 1 aliphatic heterocycles. The zero-order valence-electron chi connectivity index (χ0n) is 9.72. The van der Waals surface area contributed by atoms with E-state index in [1.54, 1.807) is 6.92 Å². The first-order chi connectivity index (χ1) is 7.77. The molecule has 3 nitrogen and oxygen atoms in total. The van der Waals surface area contributed by atoms with E-state index in [2.05, 4.69) is 17.0 Å². The Hall–Kier alpha value is -1.06. The Morgan fingerprint density at radius 3 is 2.62 bits per heavy atom. The highest BCUT2D eigenvalue weighted by molar-refractivity contribution is 5.48. The Bertz CT molecular complexity index is 313. The third kappa shape index (κ3) is 2.74. The third-order valence-corrected chi connectivity index (χ3v) is 2.96. The number of nitrogens with zero attached hydrogens (tertiary/aromatic N) is 1. The molecule has 2 rings (SSSR count). The topological polar surface area (TPSA) is 32.7 Å². The molecule has 1 saturated heterocycles. The maximum Gasteiger partial charge on any atom is 0.0761 e. The molecule has 0 amide bonds. The molecule has 1 atom stereocenters. The summed E-state index contributed by atoms with van der Waals surface area (Å²) in [6, 6.07) is 8.14. The second-order valence-electron chi connectivity index (χ2n) is 4.22. The van der Waals surface area contributed by atoms with Crippen LogP contribution in [0.25, 0.3) is 0 Å². The molecule has 0 spiro atoms. The van der Waals surface area contributed by atoms with Gasteiger partial charge >= 0.3 is 0 Å². The summed E-state index contributed by atoms with van der Waals surface area (Å²) < 4.78 is 5.43. The van der Waals surface area contributed by atoms with E-state index in [9.17, 15) is 5.11 Å². The Morgan fingerprint density at radius 1 is 1.19 bits per heavy atom. The lowest BCUT2D eigenvalue weighted by Crippen LogP contribution is -2.25. The minimum Gasteiger partial charge on any atom is -0.389 e. The molecule has 1 aliphatic rings. The minimum absolute atomic E-state index is 0.387. The Kier molecular flexibility index (Phi) is 3.80. The minimum atomic E-state index is -0.387. The van der Waals surface area contributed by atoms with Crippen molar-refractivity contribution in [1.29, 1.82) is 0 Å². The largest absolute Gasteiger partial charge is 0.389 e. The van der Waals surface area contributed by atoms with E-state index in [1.807, 2.05) is 12.1 Å². The van der Waals surface area contributed by atoms with Crippen molar-refractivity contribution in [2.24, 2.45) is 0 Å². The van der Waals surface area contributed by atoms with E-state index >= 15 is 0 Å². The van der Waals surface area contributed by atoms with Crippen LogP contribution in [0.2, 0.25) is 0 Å². The van der Waals surface area contributed by atoms with Gasteiger partial charge in [0, 0.05) is 25.4 Å². The fraction of sp³-hybridized carbons (Fsp3) is 0.538. The first-order valence-corrected chi connectivity index (χ1v) is 5.88. The third-order valence-electron chi connectivity index (χ3n) is 2.96. The van der Waals surface area contributed by atoms with Gasteiger partial charge in [-0.3, -0.25) is 0 Å². The number of aliphatic hydroxyl groups is 1. The highest BCUT2D eigenvalue weighted by atomic mass is 16.5. The number of ether oxygens (including phenoxy) is 1. The lowest BCUT2D eigenvalue weighted by molar-refractivity contribution is 0.152. The van der Waals surface area contributed by atoms with Gasteiger partial charge in [-0.25, -0.2) is 0 Å². The molecular formula is C13H19NO2. The molecule has 0 bridgehead atoms. The van der Waals surface area contributed by atoms with Gasteiger partial charge in [-0.05, 0) is 31.0 Å². The molecule has 1 N–H and O–H groups in total. The van der Waals surface area contributed by atoms with E-state index in [0.717, 1.165) is 38.3 Å². The molecule has 1 fully saturated rings. The van der Waals surface area contributed by atoms with Gasteiger partial charge in [0.25, 0.3) is 0 Å². The molecule has 0 aromatic heterocycles. The van der Waals surface area contributed by atoms with E-state index < -0.39 is 0 Å². The summed E-state index contributed by atoms with van der Waals surface area (Å²) in [6.45, 7) is 5.46. The molecule has 88 valence electrons. The number of rotatable bonds is 2. The molecule has 1 heterocycles. The predicted octanol–water partition coefficient (Wildman–Crippen LogP) is 1.97. The zero-order chi connectivity index (χ0) is 11.4. The van der Waals surface area contributed by atoms with Crippen LogP contribution >= 0.6 is 0 Å². The second-order valence-corrected chi connectivity index (χ2v) is 4.22. The molecule has 0 radical (unpaired) electrons. The smallest absolute Gasteiger partial charge is 0.0761 e. The number of benzene rings is 1. The summed E-state index contributed by atoms with van der Waals surface area (Å²) in [5, 5.41) is 9.44. The quantitative estimate of drug-likeness (QED) is 0.828. The Balaban J connectivity index is 2.07. The van der Waals surface area contributed by atoms with Gasteiger partial charge in [-0.1, -0.05) is 12.1 Å². The van der Waals surface area contributed by atoms with Crippen LogP contribution in [0.5, 0.6) is 0 Å². The Morgan fingerprint density at radius 2 is 1.94 bits per heavy atom. The average molecular weight is 221 g/mol. The normalized spacial score (nSPS) is 19.2. The molecular weight excluding hydrogens is 202 g/mol. The van der Waals surface area contributed by atoms with Crippen LogP contribution in [0, 0.1) is 0 Å². The fourth-order valence-corrected chi connectivity index (χ4v) is 1.97. The van der Waals surface area contributed by atoms with Crippen molar-refractivity contribution in [2.45, 2.75) is 19.4 Å². The number of anilines is 1. The van der Waals surface area contributed by atoms with Crippen LogP contribution in [-0.4, -0.2) is 31.4 Å². The maximum atomic E-state index is 9.44. The molecule has 16 heavy (non-hydrogen) atoms. The molecule has 0 saturated carbocycles. The average Bonchev–Trinajstić information content (AvgIpc) is 2.57. The lowest BCUT2D eigenvalue weighted by atomic mass is 10.1. The number of hydrogen-bond acceptors (Lipinski definition) is 3. The van der Waals surface area contributed by atoms with Crippen molar-refractivity contribution in [1.82, 2.24) is 0 Å². The molecule has 0 unspecified atom stereocenters.